The molecule has 0 fully saturated rings. The predicted octanol–water partition coefficient (Wildman–Crippen LogP) is 4.63. The molecule has 0 unspecified atom stereocenters. The van der Waals surface area contributed by atoms with Crippen molar-refractivity contribution in [1.29, 1.82) is 0 Å². The first-order valence-corrected chi connectivity index (χ1v) is 9.26. The van der Waals surface area contributed by atoms with Gasteiger partial charge in [0.05, 0.1) is 27.0 Å². The molecular formula is C20H21FN2O3S. The van der Waals surface area contributed by atoms with Crippen molar-refractivity contribution < 1.29 is 18.6 Å². The Bertz CT molecular complexity index is 914. The summed E-state index contributed by atoms with van der Waals surface area (Å²) in [5.41, 5.74) is 2.45. The molecule has 0 saturated heterocycles. The van der Waals surface area contributed by atoms with E-state index in [9.17, 15) is 4.39 Å². The van der Waals surface area contributed by atoms with Crippen LogP contribution in [0.25, 0.3) is 11.3 Å². The van der Waals surface area contributed by atoms with Crippen molar-refractivity contribution >= 4 is 16.5 Å². The molecule has 0 amide bonds. The topological polar surface area (TPSA) is 52.6 Å². The maximum atomic E-state index is 13.6. The van der Waals surface area contributed by atoms with Crippen molar-refractivity contribution in [2.24, 2.45) is 0 Å². The van der Waals surface area contributed by atoms with Crippen molar-refractivity contribution in [1.82, 2.24) is 4.98 Å². The van der Waals surface area contributed by atoms with E-state index < -0.39 is 0 Å². The van der Waals surface area contributed by atoms with Gasteiger partial charge >= 0.3 is 0 Å². The SMILES string of the molecule is COc1ccc(CCNc2nc(-c3cc(F)ccc3OC)cs2)cc1OC. The van der Waals surface area contributed by atoms with E-state index in [-0.39, 0.29) is 5.82 Å². The second-order valence-corrected chi connectivity index (χ2v) is 6.61. The number of anilines is 1. The molecule has 0 bridgehead atoms. The van der Waals surface area contributed by atoms with E-state index >= 15 is 0 Å². The highest BCUT2D eigenvalue weighted by molar-refractivity contribution is 7.14. The minimum Gasteiger partial charge on any atom is -0.496 e. The zero-order valence-corrected chi connectivity index (χ0v) is 16.2. The van der Waals surface area contributed by atoms with Crippen LogP contribution in [-0.2, 0) is 6.42 Å². The van der Waals surface area contributed by atoms with Gasteiger partial charge in [-0.05, 0) is 42.3 Å². The summed E-state index contributed by atoms with van der Waals surface area (Å²) in [6.07, 6.45) is 0.804. The third-order valence-electron chi connectivity index (χ3n) is 4.08. The molecule has 0 aliphatic rings. The molecule has 0 aliphatic carbocycles. The highest BCUT2D eigenvalue weighted by Gasteiger charge is 2.11. The van der Waals surface area contributed by atoms with E-state index in [2.05, 4.69) is 10.3 Å². The summed E-state index contributed by atoms with van der Waals surface area (Å²) in [5.74, 6) is 1.70. The summed E-state index contributed by atoms with van der Waals surface area (Å²) in [5, 5.41) is 5.96. The van der Waals surface area contributed by atoms with Crippen LogP contribution in [0.3, 0.4) is 0 Å². The lowest BCUT2D eigenvalue weighted by atomic mass is 10.1. The number of aromatic nitrogens is 1. The summed E-state index contributed by atoms with van der Waals surface area (Å²) < 4.78 is 29.4. The molecule has 0 atom stereocenters. The van der Waals surface area contributed by atoms with Crippen molar-refractivity contribution in [3.63, 3.8) is 0 Å². The smallest absolute Gasteiger partial charge is 0.183 e. The van der Waals surface area contributed by atoms with Crippen LogP contribution in [0.5, 0.6) is 17.2 Å². The number of thiazole rings is 1. The van der Waals surface area contributed by atoms with Crippen LogP contribution in [0.15, 0.2) is 41.8 Å². The zero-order chi connectivity index (χ0) is 19.2. The van der Waals surface area contributed by atoms with Crippen LogP contribution in [0.1, 0.15) is 5.56 Å². The van der Waals surface area contributed by atoms with E-state index in [0.29, 0.717) is 35.1 Å². The van der Waals surface area contributed by atoms with Gasteiger partial charge < -0.3 is 19.5 Å². The monoisotopic (exact) mass is 388 g/mol. The van der Waals surface area contributed by atoms with Gasteiger partial charge in [-0.15, -0.1) is 11.3 Å². The Morgan fingerprint density at radius 3 is 2.44 bits per heavy atom. The van der Waals surface area contributed by atoms with Gasteiger partial charge in [-0.3, -0.25) is 0 Å². The third-order valence-corrected chi connectivity index (χ3v) is 4.88. The summed E-state index contributed by atoms with van der Waals surface area (Å²) in [6.45, 7) is 0.711. The molecule has 0 saturated carbocycles. The number of rotatable bonds is 8. The number of halogens is 1. The van der Waals surface area contributed by atoms with Crippen molar-refractivity contribution in [2.75, 3.05) is 33.2 Å². The number of ether oxygens (including phenoxy) is 3. The summed E-state index contributed by atoms with van der Waals surface area (Å²) in [7, 11) is 4.80. The molecule has 5 nitrogen and oxygen atoms in total. The molecule has 0 spiro atoms. The molecule has 1 heterocycles. The number of hydrogen-bond acceptors (Lipinski definition) is 6. The van der Waals surface area contributed by atoms with Crippen molar-refractivity contribution in [2.45, 2.75) is 6.42 Å². The Kier molecular flexibility index (Phi) is 6.13. The van der Waals surface area contributed by atoms with Crippen LogP contribution in [-0.4, -0.2) is 32.9 Å². The molecule has 7 heteroatoms. The molecule has 27 heavy (non-hydrogen) atoms. The number of hydrogen-bond donors (Lipinski definition) is 1. The van der Waals surface area contributed by atoms with Gasteiger partial charge in [0.1, 0.15) is 11.6 Å². The normalized spacial score (nSPS) is 10.5. The molecule has 3 rings (SSSR count). The average molecular weight is 388 g/mol. The van der Waals surface area contributed by atoms with E-state index in [1.54, 1.807) is 27.4 Å². The van der Waals surface area contributed by atoms with Crippen LogP contribution >= 0.6 is 11.3 Å². The second-order valence-electron chi connectivity index (χ2n) is 5.75. The van der Waals surface area contributed by atoms with Gasteiger partial charge in [0.15, 0.2) is 16.6 Å². The number of nitrogens with zero attached hydrogens (tertiary/aromatic N) is 1. The minimum atomic E-state index is -0.318. The molecular weight excluding hydrogens is 367 g/mol. The van der Waals surface area contributed by atoms with Crippen LogP contribution in [0, 0.1) is 5.82 Å². The van der Waals surface area contributed by atoms with Crippen molar-refractivity contribution in [3.05, 3.63) is 53.2 Å². The maximum Gasteiger partial charge on any atom is 0.183 e. The van der Waals surface area contributed by atoms with Gasteiger partial charge in [-0.25, -0.2) is 9.37 Å². The lowest BCUT2D eigenvalue weighted by Gasteiger charge is -2.09. The van der Waals surface area contributed by atoms with Gasteiger partial charge in [-0.2, -0.15) is 0 Å². The highest BCUT2D eigenvalue weighted by atomic mass is 32.1. The van der Waals surface area contributed by atoms with E-state index in [4.69, 9.17) is 14.2 Å². The highest BCUT2D eigenvalue weighted by Crippen LogP contribution is 2.33. The fourth-order valence-corrected chi connectivity index (χ4v) is 3.45. The lowest BCUT2D eigenvalue weighted by molar-refractivity contribution is 0.354. The van der Waals surface area contributed by atoms with Crippen LogP contribution in [0.2, 0.25) is 0 Å². The Labute approximate surface area is 161 Å². The van der Waals surface area contributed by atoms with Gasteiger partial charge in [0.25, 0.3) is 0 Å². The fraction of sp³-hybridized carbons (Fsp3) is 0.250. The van der Waals surface area contributed by atoms with Crippen LogP contribution < -0.4 is 19.5 Å². The number of benzene rings is 2. The molecule has 1 aromatic heterocycles. The van der Waals surface area contributed by atoms with Crippen LogP contribution in [0.4, 0.5) is 9.52 Å². The maximum absolute atomic E-state index is 13.6. The molecule has 0 aliphatic heterocycles. The Hall–Kier alpha value is -2.80. The van der Waals surface area contributed by atoms with Gasteiger partial charge in [-0.1, -0.05) is 6.07 Å². The van der Waals surface area contributed by atoms with E-state index in [1.165, 1.54) is 23.5 Å². The lowest BCUT2D eigenvalue weighted by Crippen LogP contribution is -2.05. The Balaban J connectivity index is 1.65. The zero-order valence-electron chi connectivity index (χ0n) is 15.4. The first-order valence-electron chi connectivity index (χ1n) is 8.38. The second kappa shape index (κ2) is 8.73. The summed E-state index contributed by atoms with van der Waals surface area (Å²) >= 11 is 1.47. The molecule has 3 aromatic rings. The molecule has 1 N–H and O–H groups in total. The standard InChI is InChI=1S/C20H21FN2O3S/c1-24-17-7-5-14(21)11-15(17)16-12-27-20(23-16)22-9-8-13-4-6-18(25-2)19(10-13)26-3/h4-7,10-12H,8-9H2,1-3H3,(H,22,23). The van der Waals surface area contributed by atoms with Gasteiger partial charge in [0, 0.05) is 17.5 Å². The van der Waals surface area contributed by atoms with E-state index in [0.717, 1.165) is 17.1 Å². The van der Waals surface area contributed by atoms with E-state index in [1.807, 2.05) is 23.6 Å². The molecule has 2 aromatic carbocycles. The average Bonchev–Trinajstić information content (AvgIpc) is 3.16. The Morgan fingerprint density at radius 1 is 0.963 bits per heavy atom. The minimum absolute atomic E-state index is 0.318. The number of methoxy groups -OCH3 is 3. The predicted molar refractivity (Wildman–Crippen MR) is 106 cm³/mol. The first-order chi connectivity index (χ1) is 13.1. The molecule has 142 valence electrons. The largest absolute Gasteiger partial charge is 0.496 e. The quantitative estimate of drug-likeness (QED) is 0.610. The summed E-state index contributed by atoms with van der Waals surface area (Å²) in [6, 6.07) is 10.3. The Morgan fingerprint density at radius 2 is 1.70 bits per heavy atom. The molecule has 0 radical (unpaired) electrons. The van der Waals surface area contributed by atoms with Crippen molar-refractivity contribution in [3.8, 4) is 28.5 Å². The first kappa shape index (κ1) is 19.0. The number of nitrogens with one attached hydrogen (secondary N) is 1. The third kappa shape index (κ3) is 4.49. The summed E-state index contributed by atoms with van der Waals surface area (Å²) in [4.78, 5) is 4.54. The fourth-order valence-electron chi connectivity index (χ4n) is 2.71. The van der Waals surface area contributed by atoms with Gasteiger partial charge in [0.2, 0.25) is 0 Å².